The van der Waals surface area contributed by atoms with E-state index in [1.54, 1.807) is 17.8 Å². The number of hydrogen-bond donors (Lipinski definition) is 0. The van der Waals surface area contributed by atoms with Crippen molar-refractivity contribution in [2.24, 2.45) is 5.92 Å². The van der Waals surface area contributed by atoms with Crippen LogP contribution < -0.4 is 0 Å². The molecule has 0 bridgehead atoms. The molecular formula is C9H16OS. The number of thioether (sulfide) groups is 1. The maximum absolute atomic E-state index is 10.9. The number of ketones is 1. The molecule has 2 heteroatoms. The van der Waals surface area contributed by atoms with Crippen LogP contribution in [0, 0.1) is 5.92 Å². The second kappa shape index (κ2) is 6.47. The maximum Gasteiger partial charge on any atom is 0.146 e. The van der Waals surface area contributed by atoms with E-state index in [4.69, 9.17) is 0 Å². The summed E-state index contributed by atoms with van der Waals surface area (Å²) in [5, 5.41) is 0. The zero-order valence-corrected chi connectivity index (χ0v) is 8.12. The van der Waals surface area contributed by atoms with Crippen molar-refractivity contribution < 1.29 is 4.79 Å². The molecule has 1 nitrogen and oxygen atoms in total. The van der Waals surface area contributed by atoms with E-state index in [9.17, 15) is 4.79 Å². The Morgan fingerprint density at radius 3 is 2.73 bits per heavy atom. The van der Waals surface area contributed by atoms with Crippen LogP contribution >= 0.6 is 11.8 Å². The number of carbonyl (C=O) groups is 1. The van der Waals surface area contributed by atoms with Crippen LogP contribution in [0.4, 0.5) is 0 Å². The van der Waals surface area contributed by atoms with Crippen LogP contribution in [-0.4, -0.2) is 17.3 Å². The predicted octanol–water partition coefficient (Wildman–Crippen LogP) is 2.52. The van der Waals surface area contributed by atoms with Gasteiger partial charge in [-0.3, -0.25) is 4.79 Å². The molecular weight excluding hydrogens is 156 g/mol. The average molecular weight is 172 g/mol. The molecule has 0 radical (unpaired) electrons. The molecule has 64 valence electrons. The SMILES string of the molecule is C=CCC(=O)CSCC(C)C. The molecule has 0 N–H and O–H groups in total. The van der Waals surface area contributed by atoms with E-state index in [1.165, 1.54) is 0 Å². The van der Waals surface area contributed by atoms with Gasteiger partial charge in [0.25, 0.3) is 0 Å². The topological polar surface area (TPSA) is 17.1 Å². The normalized spacial score (nSPS) is 10.1. The van der Waals surface area contributed by atoms with Crippen molar-refractivity contribution in [2.45, 2.75) is 20.3 Å². The quantitative estimate of drug-likeness (QED) is 0.573. The van der Waals surface area contributed by atoms with Crippen molar-refractivity contribution in [1.29, 1.82) is 0 Å². The van der Waals surface area contributed by atoms with Crippen LogP contribution in [0.3, 0.4) is 0 Å². The smallest absolute Gasteiger partial charge is 0.146 e. The molecule has 0 saturated carbocycles. The van der Waals surface area contributed by atoms with Crippen molar-refractivity contribution in [2.75, 3.05) is 11.5 Å². The van der Waals surface area contributed by atoms with Gasteiger partial charge in [-0.1, -0.05) is 19.9 Å². The van der Waals surface area contributed by atoms with E-state index in [1.807, 2.05) is 0 Å². The molecule has 0 aliphatic heterocycles. The molecule has 0 heterocycles. The van der Waals surface area contributed by atoms with Crippen molar-refractivity contribution in [3.63, 3.8) is 0 Å². The average Bonchev–Trinajstić information content (AvgIpc) is 1.87. The summed E-state index contributed by atoms with van der Waals surface area (Å²) >= 11 is 1.71. The van der Waals surface area contributed by atoms with Crippen LogP contribution in [0.25, 0.3) is 0 Å². The second-order valence-corrected chi connectivity index (χ2v) is 3.97. The lowest BCUT2D eigenvalue weighted by Crippen LogP contribution is -2.01. The van der Waals surface area contributed by atoms with Crippen LogP contribution in [0.15, 0.2) is 12.7 Å². The van der Waals surface area contributed by atoms with Gasteiger partial charge in [0.15, 0.2) is 0 Å². The van der Waals surface area contributed by atoms with Gasteiger partial charge in [-0.05, 0) is 11.7 Å². The lowest BCUT2D eigenvalue weighted by atomic mass is 10.3. The summed E-state index contributed by atoms with van der Waals surface area (Å²) in [7, 11) is 0. The summed E-state index contributed by atoms with van der Waals surface area (Å²) in [5.74, 6) is 2.68. The van der Waals surface area contributed by atoms with E-state index in [-0.39, 0.29) is 5.78 Å². The van der Waals surface area contributed by atoms with Crippen LogP contribution in [-0.2, 0) is 4.79 Å². The van der Waals surface area contributed by atoms with Crippen molar-refractivity contribution in [3.05, 3.63) is 12.7 Å². The molecule has 0 amide bonds. The van der Waals surface area contributed by atoms with Crippen molar-refractivity contribution >= 4 is 17.5 Å². The van der Waals surface area contributed by atoms with Crippen molar-refractivity contribution in [1.82, 2.24) is 0 Å². The Hall–Kier alpha value is -0.240. The minimum atomic E-state index is 0.283. The first-order chi connectivity index (χ1) is 5.16. The van der Waals surface area contributed by atoms with E-state index in [2.05, 4.69) is 20.4 Å². The predicted molar refractivity (Wildman–Crippen MR) is 52.0 cm³/mol. The molecule has 0 spiro atoms. The molecule has 0 aromatic carbocycles. The standard InChI is InChI=1S/C9H16OS/c1-4-5-9(10)7-11-6-8(2)3/h4,8H,1,5-7H2,2-3H3. The molecule has 0 aromatic rings. The molecule has 0 saturated heterocycles. The number of rotatable bonds is 6. The summed E-state index contributed by atoms with van der Waals surface area (Å²) in [6.07, 6.45) is 2.18. The van der Waals surface area contributed by atoms with Gasteiger partial charge in [0.1, 0.15) is 5.78 Å². The third kappa shape index (κ3) is 7.66. The highest BCUT2D eigenvalue weighted by atomic mass is 32.2. The summed E-state index contributed by atoms with van der Waals surface area (Å²) < 4.78 is 0. The molecule has 0 fully saturated rings. The maximum atomic E-state index is 10.9. The van der Waals surface area contributed by atoms with E-state index in [0.717, 1.165) is 5.75 Å². The fourth-order valence-electron chi connectivity index (χ4n) is 0.628. The highest BCUT2D eigenvalue weighted by Gasteiger charge is 1.99. The molecule has 0 aliphatic carbocycles. The van der Waals surface area contributed by atoms with Crippen LogP contribution in [0.5, 0.6) is 0 Å². The first kappa shape index (κ1) is 10.8. The number of Topliss-reactive ketones (excluding diaryl/α,β-unsaturated/α-hetero) is 1. The monoisotopic (exact) mass is 172 g/mol. The molecule has 0 rings (SSSR count). The summed E-state index contributed by atoms with van der Waals surface area (Å²) in [6.45, 7) is 7.83. The molecule has 0 atom stereocenters. The second-order valence-electron chi connectivity index (χ2n) is 2.94. The third-order valence-corrected chi connectivity index (χ3v) is 2.51. The molecule has 0 aliphatic rings. The largest absolute Gasteiger partial charge is 0.298 e. The highest BCUT2D eigenvalue weighted by molar-refractivity contribution is 7.99. The third-order valence-electron chi connectivity index (χ3n) is 1.09. The molecule has 0 aromatic heterocycles. The van der Waals surface area contributed by atoms with Crippen LogP contribution in [0.1, 0.15) is 20.3 Å². The van der Waals surface area contributed by atoms with Gasteiger partial charge in [-0.25, -0.2) is 0 Å². The van der Waals surface area contributed by atoms with Gasteiger partial charge in [-0.2, -0.15) is 11.8 Å². The van der Waals surface area contributed by atoms with Crippen LogP contribution in [0.2, 0.25) is 0 Å². The first-order valence-corrected chi connectivity index (χ1v) is 5.02. The lowest BCUT2D eigenvalue weighted by molar-refractivity contribution is -0.115. The van der Waals surface area contributed by atoms with E-state index < -0.39 is 0 Å². The van der Waals surface area contributed by atoms with Gasteiger partial charge in [-0.15, -0.1) is 6.58 Å². The Kier molecular flexibility index (Phi) is 6.33. The zero-order chi connectivity index (χ0) is 8.69. The fourth-order valence-corrected chi connectivity index (χ4v) is 1.56. The van der Waals surface area contributed by atoms with E-state index >= 15 is 0 Å². The van der Waals surface area contributed by atoms with Gasteiger partial charge in [0, 0.05) is 6.42 Å². The van der Waals surface area contributed by atoms with Gasteiger partial charge >= 0.3 is 0 Å². The van der Waals surface area contributed by atoms with Gasteiger partial charge < -0.3 is 0 Å². The number of allylic oxidation sites excluding steroid dienone is 1. The summed E-state index contributed by atoms with van der Waals surface area (Å²) in [4.78, 5) is 10.9. The Labute approximate surface area is 73.3 Å². The minimum Gasteiger partial charge on any atom is -0.298 e. The minimum absolute atomic E-state index is 0.283. The Morgan fingerprint density at radius 2 is 2.27 bits per heavy atom. The Bertz CT molecular complexity index is 130. The van der Waals surface area contributed by atoms with Gasteiger partial charge in [0.2, 0.25) is 0 Å². The first-order valence-electron chi connectivity index (χ1n) is 3.87. The Balaban J connectivity index is 3.24. The fraction of sp³-hybridized carbons (Fsp3) is 0.667. The summed E-state index contributed by atoms with van der Waals surface area (Å²) in [5.41, 5.74) is 0. The number of carbonyl (C=O) groups excluding carboxylic acids is 1. The summed E-state index contributed by atoms with van der Waals surface area (Å²) in [6, 6.07) is 0. The van der Waals surface area contributed by atoms with E-state index in [0.29, 0.717) is 18.1 Å². The van der Waals surface area contributed by atoms with Crippen molar-refractivity contribution in [3.8, 4) is 0 Å². The Morgan fingerprint density at radius 1 is 1.64 bits per heavy atom. The zero-order valence-electron chi connectivity index (χ0n) is 7.30. The lowest BCUT2D eigenvalue weighted by Gasteiger charge is -2.01. The highest BCUT2D eigenvalue weighted by Crippen LogP contribution is 2.07. The molecule has 11 heavy (non-hydrogen) atoms. The molecule has 0 unspecified atom stereocenters. The number of hydrogen-bond acceptors (Lipinski definition) is 2. The van der Waals surface area contributed by atoms with Gasteiger partial charge in [0.05, 0.1) is 5.75 Å².